The lowest BCUT2D eigenvalue weighted by atomic mass is 9.93. The van der Waals surface area contributed by atoms with Gasteiger partial charge in [-0.2, -0.15) is 4.99 Å². The van der Waals surface area contributed by atoms with E-state index in [9.17, 15) is 4.79 Å². The van der Waals surface area contributed by atoms with Gasteiger partial charge in [0.25, 0.3) is 5.91 Å². The summed E-state index contributed by atoms with van der Waals surface area (Å²) in [6.07, 6.45) is 4.71. The van der Waals surface area contributed by atoms with E-state index in [1.54, 1.807) is 22.7 Å². The third kappa shape index (κ3) is 2.97. The molecule has 2 aromatic rings. The molecule has 118 valence electrons. The van der Waals surface area contributed by atoms with Crippen molar-refractivity contribution in [2.75, 3.05) is 0 Å². The summed E-state index contributed by atoms with van der Waals surface area (Å²) in [5.74, 6) is -0.0997. The number of fused-ring (bicyclic) bond motifs is 1. The van der Waals surface area contributed by atoms with E-state index in [1.165, 1.54) is 29.0 Å². The third-order valence-corrected chi connectivity index (χ3v) is 6.24. The molecule has 1 amide bonds. The van der Waals surface area contributed by atoms with Crippen molar-refractivity contribution in [1.82, 2.24) is 4.57 Å². The molecular formula is C17H22N2OS2. The van der Waals surface area contributed by atoms with Crippen molar-refractivity contribution in [3.05, 3.63) is 37.3 Å². The molecule has 1 aliphatic rings. The Morgan fingerprint density at radius 2 is 2.00 bits per heavy atom. The Balaban J connectivity index is 1.93. The molecule has 1 aliphatic carbocycles. The molecular weight excluding hydrogens is 312 g/mol. The van der Waals surface area contributed by atoms with E-state index in [4.69, 9.17) is 0 Å². The number of carbonyl (C=O) groups excluding carboxylic acids is 1. The van der Waals surface area contributed by atoms with Crippen molar-refractivity contribution in [2.24, 2.45) is 12.0 Å². The zero-order valence-electron chi connectivity index (χ0n) is 13.6. The molecule has 0 aromatic carbocycles. The van der Waals surface area contributed by atoms with Crippen LogP contribution >= 0.6 is 22.7 Å². The predicted octanol–water partition coefficient (Wildman–Crippen LogP) is 4.07. The lowest BCUT2D eigenvalue weighted by Crippen LogP contribution is -2.22. The number of thiophene rings is 1. The van der Waals surface area contributed by atoms with Gasteiger partial charge < -0.3 is 4.57 Å². The Morgan fingerprint density at radius 3 is 2.64 bits per heavy atom. The number of rotatable bonds is 1. The molecule has 0 radical (unpaired) electrons. The maximum absolute atomic E-state index is 12.5. The second-order valence-corrected chi connectivity index (χ2v) is 8.87. The van der Waals surface area contributed by atoms with Crippen LogP contribution < -0.4 is 4.80 Å². The molecule has 0 atom stereocenters. The monoisotopic (exact) mass is 334 g/mol. The first kappa shape index (κ1) is 15.7. The first-order valence-corrected chi connectivity index (χ1v) is 9.41. The van der Waals surface area contributed by atoms with Crippen LogP contribution in [0.1, 0.15) is 59.4 Å². The number of carbonyl (C=O) groups is 1. The number of aryl methyl sites for hydroxylation is 2. The van der Waals surface area contributed by atoms with Crippen LogP contribution in [-0.2, 0) is 25.3 Å². The van der Waals surface area contributed by atoms with E-state index in [2.05, 4.69) is 37.2 Å². The van der Waals surface area contributed by atoms with Gasteiger partial charge in [0.1, 0.15) is 0 Å². The van der Waals surface area contributed by atoms with Gasteiger partial charge in [-0.3, -0.25) is 4.79 Å². The zero-order chi connectivity index (χ0) is 15.9. The average Bonchev–Trinajstić information content (AvgIpc) is 3.02. The third-order valence-electron chi connectivity index (χ3n) is 4.10. The normalized spacial score (nSPS) is 15.9. The predicted molar refractivity (Wildman–Crippen MR) is 92.8 cm³/mol. The number of thiazole rings is 1. The quantitative estimate of drug-likeness (QED) is 0.774. The van der Waals surface area contributed by atoms with Gasteiger partial charge in [-0.05, 0) is 37.3 Å². The average molecular weight is 335 g/mol. The molecule has 2 aromatic heterocycles. The summed E-state index contributed by atoms with van der Waals surface area (Å²) in [5.41, 5.74) is 2.62. The Bertz CT molecular complexity index is 748. The summed E-state index contributed by atoms with van der Waals surface area (Å²) in [4.78, 5) is 19.8. The highest BCUT2D eigenvalue weighted by molar-refractivity contribution is 7.14. The molecule has 0 aliphatic heterocycles. The van der Waals surface area contributed by atoms with Gasteiger partial charge in [0.05, 0.1) is 4.88 Å². The van der Waals surface area contributed by atoms with Crippen LogP contribution in [0.15, 0.2) is 16.4 Å². The Labute approximate surface area is 139 Å². The highest BCUT2D eigenvalue weighted by Gasteiger charge is 2.20. The van der Waals surface area contributed by atoms with Crippen molar-refractivity contribution >= 4 is 28.6 Å². The van der Waals surface area contributed by atoms with Crippen LogP contribution in [0.2, 0.25) is 0 Å². The van der Waals surface area contributed by atoms with E-state index in [-0.39, 0.29) is 11.3 Å². The first-order chi connectivity index (χ1) is 10.4. The number of nitrogens with zero attached hydrogens (tertiary/aromatic N) is 2. The van der Waals surface area contributed by atoms with Gasteiger partial charge in [-0.1, -0.05) is 20.8 Å². The summed E-state index contributed by atoms with van der Waals surface area (Å²) in [7, 11) is 1.99. The van der Waals surface area contributed by atoms with E-state index < -0.39 is 0 Å². The van der Waals surface area contributed by atoms with Crippen molar-refractivity contribution in [3.63, 3.8) is 0 Å². The van der Waals surface area contributed by atoms with E-state index in [0.29, 0.717) is 0 Å². The Hall–Kier alpha value is -1.20. The molecule has 0 N–H and O–H groups in total. The molecule has 0 saturated carbocycles. The summed E-state index contributed by atoms with van der Waals surface area (Å²) in [6, 6.07) is 2.06. The molecule has 22 heavy (non-hydrogen) atoms. The second kappa shape index (κ2) is 5.78. The van der Waals surface area contributed by atoms with Gasteiger partial charge in [0, 0.05) is 28.4 Å². The van der Waals surface area contributed by atoms with Crippen molar-refractivity contribution in [1.29, 1.82) is 0 Å². The molecule has 0 fully saturated rings. The zero-order valence-corrected chi connectivity index (χ0v) is 15.2. The van der Waals surface area contributed by atoms with Crippen LogP contribution in [0.25, 0.3) is 0 Å². The maximum Gasteiger partial charge on any atom is 0.289 e. The van der Waals surface area contributed by atoms with E-state index in [0.717, 1.165) is 22.5 Å². The summed E-state index contributed by atoms with van der Waals surface area (Å²) >= 11 is 3.17. The summed E-state index contributed by atoms with van der Waals surface area (Å²) < 4.78 is 2.04. The summed E-state index contributed by atoms with van der Waals surface area (Å²) in [5, 5.41) is 2.10. The molecule has 3 nitrogen and oxygen atoms in total. The minimum Gasteiger partial charge on any atom is -0.323 e. The van der Waals surface area contributed by atoms with Crippen LogP contribution in [-0.4, -0.2) is 10.5 Å². The first-order valence-electron chi connectivity index (χ1n) is 7.72. The van der Waals surface area contributed by atoms with E-state index in [1.807, 2.05) is 11.6 Å². The highest BCUT2D eigenvalue weighted by atomic mass is 32.1. The van der Waals surface area contributed by atoms with E-state index >= 15 is 0 Å². The number of aromatic nitrogens is 1. The molecule has 3 rings (SSSR count). The van der Waals surface area contributed by atoms with Crippen LogP contribution in [0.5, 0.6) is 0 Å². The van der Waals surface area contributed by atoms with Gasteiger partial charge in [-0.25, -0.2) is 0 Å². The fourth-order valence-corrected chi connectivity index (χ4v) is 5.15. The molecule has 0 saturated heterocycles. The number of amides is 1. The molecule has 5 heteroatoms. The molecule has 0 bridgehead atoms. The summed E-state index contributed by atoms with van der Waals surface area (Å²) in [6.45, 7) is 6.52. The Morgan fingerprint density at radius 1 is 1.27 bits per heavy atom. The lowest BCUT2D eigenvalue weighted by molar-refractivity contribution is 0.100. The largest absolute Gasteiger partial charge is 0.323 e. The highest BCUT2D eigenvalue weighted by Crippen LogP contribution is 2.30. The molecule has 0 unspecified atom stereocenters. The second-order valence-electron chi connectivity index (χ2n) is 6.90. The topological polar surface area (TPSA) is 34.4 Å². The van der Waals surface area contributed by atoms with Gasteiger partial charge in [0.2, 0.25) is 0 Å². The van der Waals surface area contributed by atoms with Gasteiger partial charge in [0.15, 0.2) is 4.80 Å². The number of hydrogen-bond donors (Lipinski definition) is 0. The van der Waals surface area contributed by atoms with Crippen molar-refractivity contribution < 1.29 is 4.79 Å². The van der Waals surface area contributed by atoms with Crippen molar-refractivity contribution in [3.8, 4) is 0 Å². The minimum atomic E-state index is -0.0997. The lowest BCUT2D eigenvalue weighted by Gasteiger charge is -2.18. The van der Waals surface area contributed by atoms with Crippen LogP contribution in [0, 0.1) is 0 Å². The fourth-order valence-electron chi connectivity index (χ4n) is 2.89. The van der Waals surface area contributed by atoms with Gasteiger partial charge >= 0.3 is 0 Å². The van der Waals surface area contributed by atoms with Crippen LogP contribution in [0.3, 0.4) is 0 Å². The van der Waals surface area contributed by atoms with Crippen LogP contribution in [0.4, 0.5) is 0 Å². The standard InChI is InChI=1S/C17H22N2OS2/c1-17(2,3)14-10-21-16(19(14)4)18-15(20)13-9-11-7-5-6-8-12(11)22-13/h9-10H,5-8H2,1-4H3/b18-16-. The molecule has 2 heterocycles. The maximum atomic E-state index is 12.5. The number of hydrogen-bond acceptors (Lipinski definition) is 3. The van der Waals surface area contributed by atoms with Crippen molar-refractivity contribution in [2.45, 2.75) is 51.9 Å². The molecule has 0 spiro atoms. The van der Waals surface area contributed by atoms with Gasteiger partial charge in [-0.15, -0.1) is 22.7 Å². The smallest absolute Gasteiger partial charge is 0.289 e. The minimum absolute atomic E-state index is 0.0596. The Kier molecular flexibility index (Phi) is 4.12. The SMILES string of the molecule is Cn1c(C(C)(C)C)cs/c1=N\C(=O)c1cc2c(s1)CCCC2. The fraction of sp³-hybridized carbons (Fsp3) is 0.529.